The number of furan rings is 1. The SMILES string of the molecule is COC(=O)c1ccc(CSc2nc(CO)cn2Cc2ccc(Cl)cc2)o1. The van der Waals surface area contributed by atoms with Crippen molar-refractivity contribution in [2.24, 2.45) is 0 Å². The molecule has 2 heterocycles. The summed E-state index contributed by atoms with van der Waals surface area (Å²) in [5.41, 5.74) is 1.67. The second kappa shape index (κ2) is 8.44. The topological polar surface area (TPSA) is 77.5 Å². The van der Waals surface area contributed by atoms with Crippen molar-refractivity contribution in [2.45, 2.75) is 24.1 Å². The number of esters is 1. The molecule has 3 rings (SSSR count). The number of aromatic nitrogens is 2. The highest BCUT2D eigenvalue weighted by molar-refractivity contribution is 7.98. The lowest BCUT2D eigenvalue weighted by molar-refractivity contribution is 0.0563. The van der Waals surface area contributed by atoms with Crippen LogP contribution in [0.4, 0.5) is 0 Å². The van der Waals surface area contributed by atoms with Crippen molar-refractivity contribution in [3.63, 3.8) is 0 Å². The summed E-state index contributed by atoms with van der Waals surface area (Å²) in [6.45, 7) is 0.479. The van der Waals surface area contributed by atoms with Crippen LogP contribution in [0.15, 0.2) is 52.2 Å². The molecule has 0 fully saturated rings. The number of ether oxygens (including phenoxy) is 1. The lowest BCUT2D eigenvalue weighted by Gasteiger charge is -2.07. The summed E-state index contributed by atoms with van der Waals surface area (Å²) in [5.74, 6) is 0.804. The van der Waals surface area contributed by atoms with Crippen molar-refractivity contribution in [3.8, 4) is 0 Å². The van der Waals surface area contributed by atoms with E-state index in [4.69, 9.17) is 16.0 Å². The molecule has 0 saturated carbocycles. The Hall–Kier alpha value is -2.22. The van der Waals surface area contributed by atoms with Crippen LogP contribution in [0.3, 0.4) is 0 Å². The van der Waals surface area contributed by atoms with Crippen molar-refractivity contribution in [2.75, 3.05) is 7.11 Å². The average molecular weight is 393 g/mol. The van der Waals surface area contributed by atoms with Gasteiger partial charge in [0.25, 0.3) is 0 Å². The Morgan fingerprint density at radius 3 is 2.77 bits per heavy atom. The van der Waals surface area contributed by atoms with Crippen LogP contribution < -0.4 is 0 Å². The summed E-state index contributed by atoms with van der Waals surface area (Å²) in [4.78, 5) is 15.9. The number of aliphatic hydroxyl groups excluding tert-OH is 1. The number of carbonyl (C=O) groups is 1. The highest BCUT2D eigenvalue weighted by Crippen LogP contribution is 2.25. The smallest absolute Gasteiger partial charge is 0.373 e. The molecule has 0 aliphatic heterocycles. The van der Waals surface area contributed by atoms with Gasteiger partial charge in [-0.15, -0.1) is 0 Å². The first-order valence-electron chi connectivity index (χ1n) is 7.80. The molecule has 3 aromatic rings. The summed E-state index contributed by atoms with van der Waals surface area (Å²) in [7, 11) is 1.31. The van der Waals surface area contributed by atoms with Crippen LogP contribution in [0.1, 0.15) is 27.6 Å². The normalized spacial score (nSPS) is 10.9. The minimum absolute atomic E-state index is 0.131. The molecule has 2 aromatic heterocycles. The van der Waals surface area contributed by atoms with Gasteiger partial charge in [0.15, 0.2) is 5.16 Å². The minimum Gasteiger partial charge on any atom is -0.463 e. The van der Waals surface area contributed by atoms with E-state index in [1.165, 1.54) is 18.9 Å². The van der Waals surface area contributed by atoms with Gasteiger partial charge in [0.05, 0.1) is 25.2 Å². The van der Waals surface area contributed by atoms with E-state index in [2.05, 4.69) is 9.72 Å². The van der Waals surface area contributed by atoms with Crippen LogP contribution in [0.25, 0.3) is 0 Å². The van der Waals surface area contributed by atoms with Crippen LogP contribution in [0, 0.1) is 0 Å². The van der Waals surface area contributed by atoms with Gasteiger partial charge in [-0.1, -0.05) is 35.5 Å². The van der Waals surface area contributed by atoms with Gasteiger partial charge < -0.3 is 18.8 Å². The Morgan fingerprint density at radius 2 is 2.08 bits per heavy atom. The highest BCUT2D eigenvalue weighted by Gasteiger charge is 2.13. The third-order valence-corrected chi connectivity index (χ3v) is 4.87. The molecule has 1 N–H and O–H groups in total. The fraction of sp³-hybridized carbons (Fsp3) is 0.222. The number of imidazole rings is 1. The van der Waals surface area contributed by atoms with Crippen LogP contribution >= 0.6 is 23.4 Å². The zero-order valence-corrected chi connectivity index (χ0v) is 15.6. The molecular weight excluding hydrogens is 376 g/mol. The maximum Gasteiger partial charge on any atom is 0.373 e. The zero-order chi connectivity index (χ0) is 18.5. The number of hydrogen-bond acceptors (Lipinski definition) is 6. The van der Waals surface area contributed by atoms with Gasteiger partial charge in [0.2, 0.25) is 5.76 Å². The van der Waals surface area contributed by atoms with Gasteiger partial charge in [0.1, 0.15) is 5.76 Å². The second-order valence-electron chi connectivity index (χ2n) is 5.47. The quantitative estimate of drug-likeness (QED) is 0.487. The molecule has 6 nitrogen and oxygen atoms in total. The molecule has 0 atom stereocenters. The molecular formula is C18H17ClN2O4S. The van der Waals surface area contributed by atoms with Crippen LogP contribution in [0.5, 0.6) is 0 Å². The van der Waals surface area contributed by atoms with E-state index in [0.717, 1.165) is 10.7 Å². The van der Waals surface area contributed by atoms with E-state index >= 15 is 0 Å². The molecule has 8 heteroatoms. The monoisotopic (exact) mass is 392 g/mol. The van der Waals surface area contributed by atoms with Crippen LogP contribution in [-0.4, -0.2) is 27.7 Å². The number of nitrogens with zero attached hydrogens (tertiary/aromatic N) is 2. The van der Waals surface area contributed by atoms with Gasteiger partial charge in [0, 0.05) is 17.8 Å². The third-order valence-electron chi connectivity index (χ3n) is 3.61. The third kappa shape index (κ3) is 4.49. The van der Waals surface area contributed by atoms with Gasteiger partial charge in [-0.05, 0) is 29.8 Å². The lowest BCUT2D eigenvalue weighted by Crippen LogP contribution is -2.00. The largest absolute Gasteiger partial charge is 0.463 e. The Balaban J connectivity index is 1.72. The first kappa shape index (κ1) is 18.6. The zero-order valence-electron chi connectivity index (χ0n) is 14.0. The molecule has 0 bridgehead atoms. The van der Waals surface area contributed by atoms with Gasteiger partial charge in [-0.3, -0.25) is 0 Å². The molecule has 0 amide bonds. The maximum absolute atomic E-state index is 11.4. The van der Waals surface area contributed by atoms with E-state index in [1.54, 1.807) is 12.1 Å². The minimum atomic E-state index is -0.506. The molecule has 26 heavy (non-hydrogen) atoms. The molecule has 0 spiro atoms. The van der Waals surface area contributed by atoms with Crippen molar-refractivity contribution < 1.29 is 19.1 Å². The van der Waals surface area contributed by atoms with Crippen molar-refractivity contribution >= 4 is 29.3 Å². The van der Waals surface area contributed by atoms with Gasteiger partial charge in [-0.25, -0.2) is 9.78 Å². The summed E-state index contributed by atoms with van der Waals surface area (Å²) in [5, 5.41) is 10.8. The van der Waals surface area contributed by atoms with Crippen molar-refractivity contribution in [3.05, 3.63) is 70.4 Å². The fourth-order valence-electron chi connectivity index (χ4n) is 2.34. The Labute approximate surface area is 159 Å². The Kier molecular flexibility index (Phi) is 6.03. The standard InChI is InChI=1S/C18H17ClN2O4S/c1-24-17(23)16-7-6-15(25-16)11-26-18-20-14(10-22)9-21(18)8-12-2-4-13(19)5-3-12/h2-7,9,22H,8,10-11H2,1H3. The summed E-state index contributed by atoms with van der Waals surface area (Å²) < 4.78 is 12.1. The van der Waals surface area contributed by atoms with Gasteiger partial charge >= 0.3 is 5.97 Å². The molecule has 1 aromatic carbocycles. The van der Waals surface area contributed by atoms with E-state index in [1.807, 2.05) is 35.0 Å². The van der Waals surface area contributed by atoms with Crippen molar-refractivity contribution in [1.82, 2.24) is 9.55 Å². The maximum atomic E-state index is 11.4. The van der Waals surface area contributed by atoms with Crippen LogP contribution in [-0.2, 0) is 23.6 Å². The van der Waals surface area contributed by atoms with E-state index in [-0.39, 0.29) is 12.4 Å². The summed E-state index contributed by atoms with van der Waals surface area (Å²) >= 11 is 7.39. The number of aliphatic hydroxyl groups is 1. The number of rotatable bonds is 7. The highest BCUT2D eigenvalue weighted by atomic mass is 35.5. The van der Waals surface area contributed by atoms with Crippen molar-refractivity contribution in [1.29, 1.82) is 0 Å². The van der Waals surface area contributed by atoms with Crippen LogP contribution in [0.2, 0.25) is 5.02 Å². The lowest BCUT2D eigenvalue weighted by atomic mass is 10.2. The summed E-state index contributed by atoms with van der Waals surface area (Å²) in [6.07, 6.45) is 1.82. The number of carbonyl (C=O) groups excluding carboxylic acids is 1. The van der Waals surface area contributed by atoms with Gasteiger partial charge in [-0.2, -0.15) is 0 Å². The predicted octanol–water partition coefficient (Wildman–Crippen LogP) is 3.75. The Bertz CT molecular complexity index is 889. The number of thioether (sulfide) groups is 1. The number of benzene rings is 1. The summed E-state index contributed by atoms with van der Waals surface area (Å²) in [6, 6.07) is 10.9. The van der Waals surface area contributed by atoms with E-state index in [9.17, 15) is 9.90 Å². The molecule has 0 radical (unpaired) electrons. The molecule has 0 aliphatic carbocycles. The number of hydrogen-bond donors (Lipinski definition) is 1. The first-order valence-corrected chi connectivity index (χ1v) is 9.16. The van der Waals surface area contributed by atoms with E-state index < -0.39 is 5.97 Å². The Morgan fingerprint density at radius 1 is 1.31 bits per heavy atom. The molecule has 0 aliphatic rings. The molecule has 0 unspecified atom stereocenters. The first-order chi connectivity index (χ1) is 12.6. The predicted molar refractivity (Wildman–Crippen MR) is 98.3 cm³/mol. The van der Waals surface area contributed by atoms with E-state index in [0.29, 0.717) is 28.8 Å². The number of halogens is 1. The molecule has 0 saturated heterocycles. The second-order valence-corrected chi connectivity index (χ2v) is 6.85. The average Bonchev–Trinajstić information content (AvgIpc) is 3.28. The fourth-order valence-corrected chi connectivity index (χ4v) is 3.36. The number of methoxy groups -OCH3 is 1. The molecule has 136 valence electrons.